The van der Waals surface area contributed by atoms with E-state index in [1.54, 1.807) is 34.8 Å². The van der Waals surface area contributed by atoms with Crippen molar-refractivity contribution in [1.29, 1.82) is 0 Å². The molecule has 1 aliphatic rings. The molecule has 0 bridgehead atoms. The number of benzene rings is 1. The van der Waals surface area contributed by atoms with Crippen LogP contribution in [0.15, 0.2) is 39.8 Å². The Labute approximate surface area is 156 Å². The van der Waals surface area contributed by atoms with Crippen LogP contribution in [-0.4, -0.2) is 41.8 Å². The summed E-state index contributed by atoms with van der Waals surface area (Å²) < 4.78 is 28.1. The van der Waals surface area contributed by atoms with E-state index in [0.29, 0.717) is 23.9 Å². The second kappa shape index (κ2) is 7.39. The lowest BCUT2D eigenvalue weighted by atomic mass is 10.1. The standard InChI is InChI=1S/C17H21BrN4O2S/c1-12-10-19-17(20-13(12)2)21-15-4-3-9-22(11-15)25(23,24)16-7-5-14(18)6-8-16/h5-8,10,15H,3-4,9,11H2,1-2H3,(H,19,20,21). The van der Waals surface area contributed by atoms with Crippen LogP contribution in [0.5, 0.6) is 0 Å². The van der Waals surface area contributed by atoms with Gasteiger partial charge in [0, 0.05) is 35.5 Å². The molecule has 6 nitrogen and oxygen atoms in total. The Balaban J connectivity index is 1.74. The van der Waals surface area contributed by atoms with Crippen molar-refractivity contribution >= 4 is 31.9 Å². The smallest absolute Gasteiger partial charge is 0.243 e. The molecule has 1 unspecified atom stereocenters. The van der Waals surface area contributed by atoms with E-state index in [1.165, 1.54) is 0 Å². The van der Waals surface area contributed by atoms with E-state index < -0.39 is 10.0 Å². The third-order valence-electron chi connectivity index (χ3n) is 4.39. The number of piperidine rings is 1. The second-order valence-electron chi connectivity index (χ2n) is 6.26. The van der Waals surface area contributed by atoms with Gasteiger partial charge in [0.1, 0.15) is 0 Å². The van der Waals surface area contributed by atoms with Crippen molar-refractivity contribution in [3.05, 3.63) is 46.2 Å². The predicted octanol–water partition coefficient (Wildman–Crippen LogP) is 3.12. The van der Waals surface area contributed by atoms with Crippen LogP contribution >= 0.6 is 15.9 Å². The molecule has 0 saturated carbocycles. The molecule has 8 heteroatoms. The molecule has 1 fully saturated rings. The van der Waals surface area contributed by atoms with Crippen LogP contribution in [0.4, 0.5) is 5.95 Å². The Morgan fingerprint density at radius 2 is 1.96 bits per heavy atom. The van der Waals surface area contributed by atoms with Crippen molar-refractivity contribution in [1.82, 2.24) is 14.3 Å². The monoisotopic (exact) mass is 424 g/mol. The first-order valence-electron chi connectivity index (χ1n) is 8.19. The summed E-state index contributed by atoms with van der Waals surface area (Å²) in [7, 11) is -3.49. The second-order valence-corrected chi connectivity index (χ2v) is 9.12. The van der Waals surface area contributed by atoms with Gasteiger partial charge >= 0.3 is 0 Å². The lowest BCUT2D eigenvalue weighted by molar-refractivity contribution is 0.326. The average molecular weight is 425 g/mol. The first-order valence-corrected chi connectivity index (χ1v) is 10.4. The summed E-state index contributed by atoms with van der Waals surface area (Å²) in [5.41, 5.74) is 1.96. The number of hydrogen-bond donors (Lipinski definition) is 1. The topological polar surface area (TPSA) is 75.2 Å². The van der Waals surface area contributed by atoms with Crippen LogP contribution in [0.3, 0.4) is 0 Å². The van der Waals surface area contributed by atoms with Gasteiger partial charge in [0.25, 0.3) is 0 Å². The maximum atomic E-state index is 12.8. The highest BCUT2D eigenvalue weighted by Gasteiger charge is 2.30. The van der Waals surface area contributed by atoms with E-state index in [9.17, 15) is 8.42 Å². The number of aromatic nitrogens is 2. The van der Waals surface area contributed by atoms with Crippen molar-refractivity contribution in [3.63, 3.8) is 0 Å². The maximum absolute atomic E-state index is 12.8. The number of nitrogens with zero attached hydrogens (tertiary/aromatic N) is 3. The van der Waals surface area contributed by atoms with Gasteiger partial charge in [0.2, 0.25) is 16.0 Å². The summed E-state index contributed by atoms with van der Waals surface area (Å²) >= 11 is 3.33. The number of aryl methyl sites for hydroxylation is 2. The lowest BCUT2D eigenvalue weighted by Crippen LogP contribution is -2.45. The van der Waals surface area contributed by atoms with Gasteiger partial charge in [-0.15, -0.1) is 0 Å². The molecular formula is C17H21BrN4O2S. The van der Waals surface area contributed by atoms with Gasteiger partial charge in [0.05, 0.1) is 4.90 Å². The maximum Gasteiger partial charge on any atom is 0.243 e. The highest BCUT2D eigenvalue weighted by Crippen LogP contribution is 2.23. The molecule has 3 rings (SSSR count). The van der Waals surface area contributed by atoms with Crippen molar-refractivity contribution < 1.29 is 8.42 Å². The minimum absolute atomic E-state index is 0.001000. The third kappa shape index (κ3) is 4.19. The Bertz CT molecular complexity index is 855. The Hall–Kier alpha value is -1.51. The molecule has 1 aromatic carbocycles. The zero-order chi connectivity index (χ0) is 18.0. The fraction of sp³-hybridized carbons (Fsp3) is 0.412. The van der Waals surface area contributed by atoms with Crippen molar-refractivity contribution in [3.8, 4) is 0 Å². The minimum Gasteiger partial charge on any atom is -0.350 e. The predicted molar refractivity (Wildman–Crippen MR) is 101 cm³/mol. The summed E-state index contributed by atoms with van der Waals surface area (Å²) in [4.78, 5) is 9.04. The largest absolute Gasteiger partial charge is 0.350 e. The van der Waals surface area contributed by atoms with E-state index >= 15 is 0 Å². The van der Waals surface area contributed by atoms with E-state index in [4.69, 9.17) is 0 Å². The van der Waals surface area contributed by atoms with Crippen LogP contribution in [0, 0.1) is 13.8 Å². The molecule has 1 atom stereocenters. The highest BCUT2D eigenvalue weighted by molar-refractivity contribution is 9.10. The van der Waals surface area contributed by atoms with Gasteiger partial charge in [0.15, 0.2) is 0 Å². The number of hydrogen-bond acceptors (Lipinski definition) is 5. The molecule has 134 valence electrons. The van der Waals surface area contributed by atoms with Gasteiger partial charge in [-0.05, 0) is 56.5 Å². The van der Waals surface area contributed by atoms with Gasteiger partial charge < -0.3 is 5.32 Å². The van der Waals surface area contributed by atoms with Crippen LogP contribution in [0.1, 0.15) is 24.1 Å². The highest BCUT2D eigenvalue weighted by atomic mass is 79.9. The SMILES string of the molecule is Cc1cnc(NC2CCCN(S(=O)(=O)c3ccc(Br)cc3)C2)nc1C. The Kier molecular flexibility index (Phi) is 5.41. The number of halogens is 1. The number of sulfonamides is 1. The van der Waals surface area contributed by atoms with Crippen molar-refractivity contribution in [2.45, 2.75) is 37.6 Å². The summed E-state index contributed by atoms with van der Waals surface area (Å²) in [6, 6.07) is 6.75. The Morgan fingerprint density at radius 3 is 2.64 bits per heavy atom. The van der Waals surface area contributed by atoms with Gasteiger partial charge in [-0.25, -0.2) is 18.4 Å². The number of rotatable bonds is 4. The normalized spacial score (nSPS) is 18.9. The van der Waals surface area contributed by atoms with Gasteiger partial charge in [-0.1, -0.05) is 15.9 Å². The molecule has 0 spiro atoms. The van der Waals surface area contributed by atoms with E-state index in [0.717, 1.165) is 28.6 Å². The zero-order valence-electron chi connectivity index (χ0n) is 14.2. The molecule has 2 heterocycles. The van der Waals surface area contributed by atoms with Crippen LogP contribution in [0.2, 0.25) is 0 Å². The van der Waals surface area contributed by atoms with Crippen molar-refractivity contribution in [2.75, 3.05) is 18.4 Å². The van der Waals surface area contributed by atoms with Gasteiger partial charge in [-0.3, -0.25) is 0 Å². The average Bonchev–Trinajstić information content (AvgIpc) is 2.59. The first-order chi connectivity index (χ1) is 11.9. The van der Waals surface area contributed by atoms with Crippen LogP contribution in [-0.2, 0) is 10.0 Å². The fourth-order valence-electron chi connectivity index (χ4n) is 2.81. The van der Waals surface area contributed by atoms with Crippen LogP contribution < -0.4 is 5.32 Å². The molecule has 2 aromatic rings. The molecule has 0 radical (unpaired) electrons. The Morgan fingerprint density at radius 1 is 1.24 bits per heavy atom. The molecule has 1 aliphatic heterocycles. The van der Waals surface area contributed by atoms with E-state index in [-0.39, 0.29) is 6.04 Å². The molecular weight excluding hydrogens is 404 g/mol. The summed E-state index contributed by atoms with van der Waals surface area (Å²) in [6.07, 6.45) is 3.48. The zero-order valence-corrected chi connectivity index (χ0v) is 16.6. The third-order valence-corrected chi connectivity index (χ3v) is 6.80. The van der Waals surface area contributed by atoms with E-state index in [1.807, 2.05) is 13.8 Å². The molecule has 0 aliphatic carbocycles. The minimum atomic E-state index is -3.49. The summed E-state index contributed by atoms with van der Waals surface area (Å²) in [6.45, 7) is 4.85. The number of nitrogens with one attached hydrogen (secondary N) is 1. The molecule has 25 heavy (non-hydrogen) atoms. The van der Waals surface area contributed by atoms with Crippen LogP contribution in [0.25, 0.3) is 0 Å². The first kappa shape index (κ1) is 18.3. The van der Waals surface area contributed by atoms with Gasteiger partial charge in [-0.2, -0.15) is 4.31 Å². The van der Waals surface area contributed by atoms with Crippen molar-refractivity contribution in [2.24, 2.45) is 0 Å². The summed E-state index contributed by atoms with van der Waals surface area (Å²) in [5.74, 6) is 0.552. The molecule has 0 amide bonds. The molecule has 1 aromatic heterocycles. The fourth-order valence-corrected chi connectivity index (χ4v) is 4.60. The lowest BCUT2D eigenvalue weighted by Gasteiger charge is -2.32. The molecule has 1 N–H and O–H groups in total. The summed E-state index contributed by atoms with van der Waals surface area (Å²) in [5, 5.41) is 3.28. The number of anilines is 1. The molecule has 1 saturated heterocycles. The van der Waals surface area contributed by atoms with E-state index in [2.05, 4.69) is 31.2 Å². The quantitative estimate of drug-likeness (QED) is 0.815.